The number of nitrogens with two attached hydrogens (primary N) is 1. The van der Waals surface area contributed by atoms with E-state index in [1.165, 1.54) is 7.11 Å². The van der Waals surface area contributed by atoms with Crippen LogP contribution in [-0.4, -0.2) is 36.2 Å². The van der Waals surface area contributed by atoms with Gasteiger partial charge in [-0.25, -0.2) is 4.79 Å². The third-order valence-corrected chi connectivity index (χ3v) is 3.75. The van der Waals surface area contributed by atoms with Crippen LogP contribution < -0.4 is 11.1 Å². The van der Waals surface area contributed by atoms with Crippen molar-refractivity contribution in [3.05, 3.63) is 36.4 Å². The van der Waals surface area contributed by atoms with Gasteiger partial charge in [0.1, 0.15) is 0 Å². The quantitative estimate of drug-likeness (QED) is 0.660. The summed E-state index contributed by atoms with van der Waals surface area (Å²) in [5, 5.41) is 3.39. The normalized spacial score (nSPS) is 22.1. The molecule has 1 amide bonds. The number of nitrogen functional groups attached to an aromatic ring is 1. The molecule has 1 aliphatic heterocycles. The zero-order chi connectivity index (χ0) is 15.4. The first kappa shape index (κ1) is 15.2. The molecule has 1 heterocycles. The van der Waals surface area contributed by atoms with Gasteiger partial charge in [0.15, 0.2) is 0 Å². The second kappa shape index (κ2) is 6.52. The van der Waals surface area contributed by atoms with Crippen LogP contribution in [0.5, 0.6) is 0 Å². The minimum atomic E-state index is -0.288. The summed E-state index contributed by atoms with van der Waals surface area (Å²) < 4.78 is 4.86. The van der Waals surface area contributed by atoms with Gasteiger partial charge in [-0.3, -0.25) is 4.90 Å². The molecule has 1 aromatic carbocycles. The zero-order valence-electron chi connectivity index (χ0n) is 12.7. The smallest absolute Gasteiger partial charge is 0.410 e. The number of hydrogen-bond donors (Lipinski definition) is 2. The Kier molecular flexibility index (Phi) is 4.73. The fraction of sp³-hybridized carbons (Fsp3) is 0.438. The van der Waals surface area contributed by atoms with Crippen molar-refractivity contribution in [1.29, 1.82) is 0 Å². The van der Waals surface area contributed by atoms with Gasteiger partial charge < -0.3 is 15.8 Å². The van der Waals surface area contributed by atoms with Crippen LogP contribution in [0.4, 0.5) is 16.2 Å². The van der Waals surface area contributed by atoms with E-state index >= 15 is 0 Å². The molecular weight excluding hydrogens is 266 g/mol. The van der Waals surface area contributed by atoms with E-state index in [0.717, 1.165) is 17.8 Å². The lowest BCUT2D eigenvalue weighted by Crippen LogP contribution is -2.42. The van der Waals surface area contributed by atoms with E-state index < -0.39 is 0 Å². The standard InChI is InChI=1S/C16H23N3O2/c1-11(18-15-7-5-4-6-14(15)17)10-13-9-8-12(2)19(13)16(20)21-3/h4-9,11-13,18H,10,17H2,1-3H3/t11-,12?,13?/m0/s1. The van der Waals surface area contributed by atoms with E-state index in [1.54, 1.807) is 4.90 Å². The van der Waals surface area contributed by atoms with E-state index in [0.29, 0.717) is 0 Å². The Morgan fingerprint density at radius 3 is 2.81 bits per heavy atom. The summed E-state index contributed by atoms with van der Waals surface area (Å²) >= 11 is 0. The molecule has 5 nitrogen and oxygen atoms in total. The molecular formula is C16H23N3O2. The van der Waals surface area contributed by atoms with Crippen molar-refractivity contribution in [2.45, 2.75) is 38.4 Å². The fourth-order valence-corrected chi connectivity index (χ4v) is 2.69. The van der Waals surface area contributed by atoms with Gasteiger partial charge in [0, 0.05) is 6.04 Å². The van der Waals surface area contributed by atoms with Gasteiger partial charge in [-0.15, -0.1) is 0 Å². The van der Waals surface area contributed by atoms with Crippen LogP contribution in [0.1, 0.15) is 20.3 Å². The van der Waals surface area contributed by atoms with Crippen LogP contribution in [0, 0.1) is 0 Å². The first-order chi connectivity index (χ1) is 10.0. The number of anilines is 2. The van der Waals surface area contributed by atoms with Crippen molar-refractivity contribution >= 4 is 17.5 Å². The SMILES string of the molecule is COC(=O)N1C(C)C=CC1C[C@H](C)Nc1ccccc1N. The molecule has 3 N–H and O–H groups in total. The monoisotopic (exact) mass is 289 g/mol. The number of rotatable bonds is 4. The number of carbonyl (C=O) groups is 1. The molecule has 1 aliphatic rings. The highest BCUT2D eigenvalue weighted by Gasteiger charge is 2.31. The lowest BCUT2D eigenvalue weighted by atomic mass is 10.1. The average Bonchev–Trinajstić information content (AvgIpc) is 2.81. The number of carbonyl (C=O) groups excluding carboxylic acids is 1. The number of para-hydroxylation sites is 2. The summed E-state index contributed by atoms with van der Waals surface area (Å²) in [5.74, 6) is 0. The van der Waals surface area contributed by atoms with Crippen LogP contribution in [0.15, 0.2) is 36.4 Å². The predicted octanol–water partition coefficient (Wildman–Crippen LogP) is 2.85. The predicted molar refractivity (Wildman–Crippen MR) is 85.2 cm³/mol. The summed E-state index contributed by atoms with van der Waals surface area (Å²) in [4.78, 5) is 13.6. The average molecular weight is 289 g/mol. The number of methoxy groups -OCH3 is 1. The van der Waals surface area contributed by atoms with Crippen molar-refractivity contribution in [3.63, 3.8) is 0 Å². The van der Waals surface area contributed by atoms with E-state index in [9.17, 15) is 4.79 Å². The molecule has 2 unspecified atom stereocenters. The topological polar surface area (TPSA) is 67.6 Å². The fourth-order valence-electron chi connectivity index (χ4n) is 2.69. The third kappa shape index (κ3) is 3.48. The highest BCUT2D eigenvalue weighted by molar-refractivity contribution is 5.70. The summed E-state index contributed by atoms with van der Waals surface area (Å²) in [6.07, 6.45) is 4.60. The van der Waals surface area contributed by atoms with Crippen molar-refractivity contribution in [3.8, 4) is 0 Å². The summed E-state index contributed by atoms with van der Waals surface area (Å²) in [6.45, 7) is 4.07. The molecule has 0 spiro atoms. The molecule has 0 aromatic heterocycles. The summed E-state index contributed by atoms with van der Waals surface area (Å²) in [6, 6.07) is 7.97. The van der Waals surface area contributed by atoms with Gasteiger partial charge in [0.25, 0.3) is 0 Å². The zero-order valence-corrected chi connectivity index (χ0v) is 12.7. The van der Waals surface area contributed by atoms with Crippen molar-refractivity contribution in [1.82, 2.24) is 4.90 Å². The Labute approximate surface area is 125 Å². The van der Waals surface area contributed by atoms with Crippen molar-refractivity contribution < 1.29 is 9.53 Å². The molecule has 0 bridgehead atoms. The third-order valence-electron chi connectivity index (χ3n) is 3.75. The van der Waals surface area contributed by atoms with Gasteiger partial charge in [-0.1, -0.05) is 24.3 Å². The Balaban J connectivity index is 1.99. The van der Waals surface area contributed by atoms with E-state index in [-0.39, 0.29) is 24.2 Å². The van der Waals surface area contributed by atoms with Crippen LogP contribution in [-0.2, 0) is 4.74 Å². The number of nitrogens with zero attached hydrogens (tertiary/aromatic N) is 1. The Bertz CT molecular complexity index is 530. The lowest BCUT2D eigenvalue weighted by molar-refractivity contribution is 0.107. The molecule has 21 heavy (non-hydrogen) atoms. The lowest BCUT2D eigenvalue weighted by Gasteiger charge is -2.29. The van der Waals surface area contributed by atoms with Gasteiger partial charge in [0.2, 0.25) is 0 Å². The van der Waals surface area contributed by atoms with E-state index in [4.69, 9.17) is 10.5 Å². The number of nitrogens with one attached hydrogen (secondary N) is 1. The molecule has 0 aliphatic carbocycles. The molecule has 2 rings (SSSR count). The molecule has 114 valence electrons. The van der Waals surface area contributed by atoms with Gasteiger partial charge in [-0.2, -0.15) is 0 Å². The number of benzene rings is 1. The number of hydrogen-bond acceptors (Lipinski definition) is 4. The second-order valence-electron chi connectivity index (χ2n) is 5.44. The number of amides is 1. The van der Waals surface area contributed by atoms with Gasteiger partial charge in [0.05, 0.1) is 30.6 Å². The van der Waals surface area contributed by atoms with Gasteiger partial charge >= 0.3 is 6.09 Å². The van der Waals surface area contributed by atoms with Crippen molar-refractivity contribution in [2.75, 3.05) is 18.2 Å². The number of ether oxygens (including phenoxy) is 1. The highest BCUT2D eigenvalue weighted by atomic mass is 16.5. The molecule has 0 saturated carbocycles. The summed E-state index contributed by atoms with van der Waals surface area (Å²) in [5.41, 5.74) is 7.58. The molecule has 0 fully saturated rings. The maximum Gasteiger partial charge on any atom is 0.410 e. The van der Waals surface area contributed by atoms with Crippen LogP contribution in [0.25, 0.3) is 0 Å². The minimum absolute atomic E-state index is 0.0416. The summed E-state index contributed by atoms with van der Waals surface area (Å²) in [7, 11) is 1.41. The maximum atomic E-state index is 11.9. The maximum absolute atomic E-state index is 11.9. The molecule has 3 atom stereocenters. The highest BCUT2D eigenvalue weighted by Crippen LogP contribution is 2.24. The molecule has 0 radical (unpaired) electrons. The Morgan fingerprint density at radius 1 is 1.43 bits per heavy atom. The first-order valence-electron chi connectivity index (χ1n) is 7.18. The minimum Gasteiger partial charge on any atom is -0.453 e. The largest absolute Gasteiger partial charge is 0.453 e. The Morgan fingerprint density at radius 2 is 2.14 bits per heavy atom. The van der Waals surface area contributed by atoms with Crippen LogP contribution >= 0.6 is 0 Å². The van der Waals surface area contributed by atoms with Crippen molar-refractivity contribution in [2.24, 2.45) is 0 Å². The molecule has 1 aromatic rings. The van der Waals surface area contributed by atoms with Crippen LogP contribution in [0.3, 0.4) is 0 Å². The van der Waals surface area contributed by atoms with Gasteiger partial charge in [-0.05, 0) is 32.4 Å². The van der Waals surface area contributed by atoms with E-state index in [1.807, 2.05) is 37.3 Å². The Hall–Kier alpha value is -2.17. The molecule has 0 saturated heterocycles. The molecule has 5 heteroatoms. The second-order valence-corrected chi connectivity index (χ2v) is 5.44. The van der Waals surface area contributed by atoms with Crippen LogP contribution in [0.2, 0.25) is 0 Å². The van der Waals surface area contributed by atoms with E-state index in [2.05, 4.69) is 18.3 Å². The first-order valence-corrected chi connectivity index (χ1v) is 7.18.